The Bertz CT molecular complexity index is 1030. The molecule has 0 aromatic heterocycles. The molecule has 3 amide bonds. The first-order valence-electron chi connectivity index (χ1n) is 11.7. The lowest BCUT2D eigenvalue weighted by molar-refractivity contribution is -0.141. The molecule has 0 aliphatic heterocycles. The van der Waals surface area contributed by atoms with Crippen molar-refractivity contribution < 1.29 is 19.1 Å². The second kappa shape index (κ2) is 10.7. The number of carbonyl (C=O) groups is 3. The number of rotatable bonds is 8. The molecule has 7 nitrogen and oxygen atoms in total. The summed E-state index contributed by atoms with van der Waals surface area (Å²) in [7, 11) is 0. The molecule has 0 radical (unpaired) electrons. The van der Waals surface area contributed by atoms with E-state index in [4.69, 9.17) is 4.74 Å². The summed E-state index contributed by atoms with van der Waals surface area (Å²) in [5.41, 5.74) is 3.13. The highest BCUT2D eigenvalue weighted by Gasteiger charge is 2.41. The van der Waals surface area contributed by atoms with Crippen LogP contribution < -0.4 is 10.6 Å². The predicted molar refractivity (Wildman–Crippen MR) is 131 cm³/mol. The van der Waals surface area contributed by atoms with Crippen LogP contribution in [-0.2, 0) is 20.9 Å². The van der Waals surface area contributed by atoms with Crippen molar-refractivity contribution in [3.8, 4) is 0 Å². The Morgan fingerprint density at radius 3 is 2.29 bits per heavy atom. The minimum absolute atomic E-state index is 0.0406. The smallest absolute Gasteiger partial charge is 0.408 e. The van der Waals surface area contributed by atoms with Crippen LogP contribution in [0.3, 0.4) is 0 Å². The zero-order chi connectivity index (χ0) is 24.9. The number of carbonyl (C=O) groups excluding carboxylic acids is 3. The molecule has 3 rings (SSSR count). The average molecular weight is 466 g/mol. The van der Waals surface area contributed by atoms with E-state index < -0.39 is 17.7 Å². The maximum atomic E-state index is 13.5. The van der Waals surface area contributed by atoms with Gasteiger partial charge in [0.25, 0.3) is 0 Å². The third kappa shape index (κ3) is 7.07. The molecule has 1 saturated carbocycles. The van der Waals surface area contributed by atoms with Crippen molar-refractivity contribution in [3.63, 3.8) is 0 Å². The molecule has 182 valence electrons. The van der Waals surface area contributed by atoms with Crippen LogP contribution in [0.5, 0.6) is 0 Å². The van der Waals surface area contributed by atoms with Gasteiger partial charge in [0.2, 0.25) is 11.8 Å². The summed E-state index contributed by atoms with van der Waals surface area (Å²) < 4.78 is 5.26. The van der Waals surface area contributed by atoms with E-state index >= 15 is 0 Å². The zero-order valence-electron chi connectivity index (χ0n) is 20.7. The van der Waals surface area contributed by atoms with Crippen LogP contribution in [0, 0.1) is 13.8 Å². The predicted octanol–water partition coefficient (Wildman–Crippen LogP) is 4.18. The molecule has 2 N–H and O–H groups in total. The molecule has 1 aliphatic carbocycles. The number of aryl methyl sites for hydroxylation is 2. The van der Waals surface area contributed by atoms with Crippen molar-refractivity contribution in [2.75, 3.05) is 6.54 Å². The Balaban J connectivity index is 1.83. The lowest BCUT2D eigenvalue weighted by atomic mass is 9.96. The summed E-state index contributed by atoms with van der Waals surface area (Å²) >= 11 is 0. The van der Waals surface area contributed by atoms with Gasteiger partial charge in [-0.3, -0.25) is 9.59 Å². The summed E-state index contributed by atoms with van der Waals surface area (Å²) in [4.78, 5) is 40.6. The van der Waals surface area contributed by atoms with E-state index in [1.54, 1.807) is 25.7 Å². The van der Waals surface area contributed by atoms with Crippen LogP contribution in [-0.4, -0.2) is 41.0 Å². The number of alkyl carbamates (subject to hydrolysis) is 1. The van der Waals surface area contributed by atoms with Gasteiger partial charge in [-0.1, -0.05) is 54.1 Å². The van der Waals surface area contributed by atoms with Gasteiger partial charge < -0.3 is 20.3 Å². The standard InChI is InChI=1S/C27H35N3O4/c1-18-11-14-22(19(2)15-18)24(25(32)28-16-20-9-7-6-8-10-20)30(21-12-13-21)23(31)17-29-26(33)34-27(3,4)5/h6-11,14-15,21,24H,12-13,16-17H2,1-5H3,(H,28,32)(H,29,33). The second-order valence-corrected chi connectivity index (χ2v) is 9.85. The van der Waals surface area contributed by atoms with E-state index in [1.165, 1.54) is 0 Å². The lowest BCUT2D eigenvalue weighted by Crippen LogP contribution is -2.49. The number of benzene rings is 2. The molecule has 1 unspecified atom stereocenters. The van der Waals surface area contributed by atoms with Crippen molar-refractivity contribution in [1.82, 2.24) is 15.5 Å². The molecule has 2 aromatic carbocycles. The van der Waals surface area contributed by atoms with Crippen molar-refractivity contribution in [2.24, 2.45) is 0 Å². The van der Waals surface area contributed by atoms with Gasteiger partial charge in [0.05, 0.1) is 0 Å². The molecule has 0 saturated heterocycles. The Labute approximate surface area is 201 Å². The van der Waals surface area contributed by atoms with Gasteiger partial charge in [0.1, 0.15) is 18.2 Å². The van der Waals surface area contributed by atoms with Crippen molar-refractivity contribution in [2.45, 2.75) is 71.7 Å². The minimum Gasteiger partial charge on any atom is -0.444 e. The normalized spacial score (nSPS) is 14.1. The molecule has 2 aromatic rings. The SMILES string of the molecule is Cc1ccc(C(C(=O)NCc2ccccc2)N(C(=O)CNC(=O)OC(C)(C)C)C2CC2)c(C)c1. The Morgan fingerprint density at radius 2 is 1.71 bits per heavy atom. The largest absolute Gasteiger partial charge is 0.444 e. The fourth-order valence-electron chi connectivity index (χ4n) is 3.90. The maximum Gasteiger partial charge on any atom is 0.408 e. The molecule has 34 heavy (non-hydrogen) atoms. The minimum atomic E-state index is -0.787. The maximum absolute atomic E-state index is 13.5. The molecule has 1 fully saturated rings. The van der Waals surface area contributed by atoms with Gasteiger partial charge in [-0.25, -0.2) is 4.79 Å². The first kappa shape index (κ1) is 25.3. The Morgan fingerprint density at radius 1 is 1.03 bits per heavy atom. The summed E-state index contributed by atoms with van der Waals surface area (Å²) in [6.45, 7) is 9.36. The van der Waals surface area contributed by atoms with Gasteiger partial charge in [-0.05, 0) is 64.2 Å². The zero-order valence-corrected chi connectivity index (χ0v) is 20.7. The molecular weight excluding hydrogens is 430 g/mol. The van der Waals surface area contributed by atoms with Crippen LogP contribution in [0.2, 0.25) is 0 Å². The van der Waals surface area contributed by atoms with Crippen molar-refractivity contribution in [3.05, 3.63) is 70.8 Å². The second-order valence-electron chi connectivity index (χ2n) is 9.85. The first-order valence-corrected chi connectivity index (χ1v) is 11.7. The highest BCUT2D eigenvalue weighted by molar-refractivity contribution is 5.91. The fraction of sp³-hybridized carbons (Fsp3) is 0.444. The monoisotopic (exact) mass is 465 g/mol. The summed E-state index contributed by atoms with van der Waals surface area (Å²) in [6.07, 6.45) is 0.991. The topological polar surface area (TPSA) is 87.7 Å². The van der Waals surface area contributed by atoms with Crippen LogP contribution >= 0.6 is 0 Å². The fourth-order valence-corrected chi connectivity index (χ4v) is 3.90. The molecule has 7 heteroatoms. The van der Waals surface area contributed by atoms with Gasteiger partial charge in [-0.15, -0.1) is 0 Å². The first-order chi connectivity index (χ1) is 16.0. The summed E-state index contributed by atoms with van der Waals surface area (Å²) in [5.74, 6) is -0.554. The van der Waals surface area contributed by atoms with Crippen LogP contribution in [0.15, 0.2) is 48.5 Å². The Kier molecular flexibility index (Phi) is 7.97. The molecule has 1 aliphatic rings. The van der Waals surface area contributed by atoms with E-state index in [1.807, 2.05) is 62.4 Å². The molecule has 0 heterocycles. The number of ether oxygens (including phenoxy) is 1. The van der Waals surface area contributed by atoms with Crippen molar-refractivity contribution in [1.29, 1.82) is 0 Å². The molecule has 0 spiro atoms. The van der Waals surface area contributed by atoms with E-state index in [-0.39, 0.29) is 24.4 Å². The highest BCUT2D eigenvalue weighted by atomic mass is 16.6. The average Bonchev–Trinajstić information content (AvgIpc) is 3.59. The Hall–Kier alpha value is -3.35. The van der Waals surface area contributed by atoms with E-state index in [0.717, 1.165) is 35.1 Å². The molecule has 1 atom stereocenters. The lowest BCUT2D eigenvalue weighted by Gasteiger charge is -2.32. The van der Waals surface area contributed by atoms with Gasteiger partial charge in [0, 0.05) is 12.6 Å². The van der Waals surface area contributed by atoms with E-state index in [2.05, 4.69) is 10.6 Å². The number of hydrogen-bond acceptors (Lipinski definition) is 4. The third-order valence-electron chi connectivity index (χ3n) is 5.57. The van der Waals surface area contributed by atoms with Crippen molar-refractivity contribution >= 4 is 17.9 Å². The molecule has 0 bridgehead atoms. The van der Waals surface area contributed by atoms with E-state index in [9.17, 15) is 14.4 Å². The van der Waals surface area contributed by atoms with Gasteiger partial charge >= 0.3 is 6.09 Å². The quantitative estimate of drug-likeness (QED) is 0.612. The van der Waals surface area contributed by atoms with Crippen LogP contribution in [0.4, 0.5) is 4.79 Å². The van der Waals surface area contributed by atoms with Gasteiger partial charge in [0.15, 0.2) is 0 Å². The summed E-state index contributed by atoms with van der Waals surface area (Å²) in [6, 6.07) is 14.7. The van der Waals surface area contributed by atoms with Crippen LogP contribution in [0.1, 0.15) is 61.9 Å². The van der Waals surface area contributed by atoms with Crippen LogP contribution in [0.25, 0.3) is 0 Å². The number of nitrogens with zero attached hydrogens (tertiary/aromatic N) is 1. The number of nitrogens with one attached hydrogen (secondary N) is 2. The number of amides is 3. The van der Waals surface area contributed by atoms with Gasteiger partial charge in [-0.2, -0.15) is 0 Å². The summed E-state index contributed by atoms with van der Waals surface area (Å²) in [5, 5.41) is 5.55. The molecular formula is C27H35N3O4. The van der Waals surface area contributed by atoms with E-state index in [0.29, 0.717) is 6.54 Å². The third-order valence-corrected chi connectivity index (χ3v) is 5.57. The number of hydrogen-bond donors (Lipinski definition) is 2. The highest BCUT2D eigenvalue weighted by Crippen LogP contribution is 2.36.